The van der Waals surface area contributed by atoms with Crippen LogP contribution in [0.1, 0.15) is 26.3 Å². The normalized spacial score (nSPS) is 17.6. The third-order valence-electron chi connectivity index (χ3n) is 2.71. The van der Waals surface area contributed by atoms with E-state index in [9.17, 15) is 75.5 Å². The van der Waals surface area contributed by atoms with Gasteiger partial charge < -0.3 is 0 Å². The first kappa shape index (κ1) is 41.5. The Morgan fingerprint density at radius 2 is 0.789 bits per heavy atom. The van der Waals surface area contributed by atoms with E-state index in [1.165, 1.54) is 11.1 Å². The van der Waals surface area contributed by atoms with Crippen molar-refractivity contribution in [2.75, 3.05) is 0 Å². The van der Waals surface area contributed by atoms with Crippen molar-refractivity contribution < 1.29 is 95.6 Å². The Kier molecular flexibility index (Phi) is 10.5. The van der Waals surface area contributed by atoms with Gasteiger partial charge in [0, 0.05) is 11.8 Å². The van der Waals surface area contributed by atoms with Crippen molar-refractivity contribution in [3.8, 4) is 11.3 Å². The SMILES string of the molecule is CC(C)(C)c1ccc(-c2ccccn2)cc1.F[P-](F)(F)(F)(F)F.F[P-](F)(F)(F)(F)F.F[P-](F)(F)(F)(F)F.[Ir+3]. The number of rotatable bonds is 1. The number of benzene rings is 1. The molecule has 0 radical (unpaired) electrons. The maximum Gasteiger partial charge on any atom is 3.00 e. The van der Waals surface area contributed by atoms with Gasteiger partial charge in [0.25, 0.3) is 0 Å². The van der Waals surface area contributed by atoms with Crippen molar-refractivity contribution in [1.82, 2.24) is 4.98 Å². The molecule has 2 rings (SSSR count). The van der Waals surface area contributed by atoms with E-state index < -0.39 is 23.4 Å². The van der Waals surface area contributed by atoms with Gasteiger partial charge in [0.2, 0.25) is 0 Å². The molecule has 1 aromatic carbocycles. The Bertz CT molecular complexity index is 935. The summed E-state index contributed by atoms with van der Waals surface area (Å²) < 4.78 is 178. The van der Waals surface area contributed by atoms with Crippen LogP contribution >= 0.6 is 23.4 Å². The molecule has 38 heavy (non-hydrogen) atoms. The van der Waals surface area contributed by atoms with E-state index in [1.807, 2.05) is 24.4 Å². The molecule has 0 fully saturated rings. The maximum absolute atomic E-state index is 10.7. The molecule has 1 heterocycles. The second-order valence-electron chi connectivity index (χ2n) is 7.92. The zero-order chi connectivity index (χ0) is 30.8. The molecule has 0 aliphatic heterocycles. The summed E-state index contributed by atoms with van der Waals surface area (Å²) in [6.45, 7) is 6.67. The first-order chi connectivity index (χ1) is 14.9. The second kappa shape index (κ2) is 9.56. The Hall–Kier alpha value is -0.951. The quantitative estimate of drug-likeness (QED) is 0.206. The molecule has 0 aliphatic rings. The van der Waals surface area contributed by atoms with E-state index in [0.29, 0.717) is 0 Å². The van der Waals surface area contributed by atoms with Gasteiger partial charge in [0.1, 0.15) is 0 Å². The molecule has 0 N–H and O–H groups in total. The molecule has 0 aliphatic carbocycles. The number of halogens is 18. The van der Waals surface area contributed by atoms with Crippen LogP contribution < -0.4 is 0 Å². The summed E-state index contributed by atoms with van der Waals surface area (Å²) in [4.78, 5) is 4.34. The van der Waals surface area contributed by atoms with E-state index in [2.05, 4.69) is 50.0 Å². The zero-order valence-electron chi connectivity index (χ0n) is 18.5. The van der Waals surface area contributed by atoms with Crippen molar-refractivity contribution in [2.45, 2.75) is 26.2 Å². The summed E-state index contributed by atoms with van der Waals surface area (Å²) >= 11 is 0. The molecule has 0 saturated heterocycles. The fourth-order valence-corrected chi connectivity index (χ4v) is 1.67. The van der Waals surface area contributed by atoms with Crippen LogP contribution in [0, 0.1) is 0 Å². The minimum atomic E-state index is -10.7. The van der Waals surface area contributed by atoms with Crippen LogP contribution in [0.4, 0.5) is 75.5 Å². The monoisotopic (exact) mass is 839 g/mol. The van der Waals surface area contributed by atoms with Crippen LogP contribution in [0.15, 0.2) is 48.7 Å². The van der Waals surface area contributed by atoms with Gasteiger partial charge in [-0.2, -0.15) is 0 Å². The van der Waals surface area contributed by atoms with Gasteiger partial charge in [-0.05, 0) is 23.1 Å². The zero-order valence-corrected chi connectivity index (χ0v) is 23.6. The van der Waals surface area contributed by atoms with Crippen molar-refractivity contribution >= 4 is 23.4 Å². The van der Waals surface area contributed by atoms with Gasteiger partial charge in [-0.3, -0.25) is 4.98 Å². The summed E-state index contributed by atoms with van der Waals surface area (Å²) in [6.07, 6.45) is 1.83. The standard InChI is InChI=1S/C15H17N.3F6P.Ir/c1-15(2,3)13-9-7-12(8-10-13)14-6-4-5-11-16-14;3*1-7(2,3,4,5)6;/h4-11H,1-3H3;;;;/q;3*-1;+3. The average molecular weight is 838 g/mol. The molecular weight excluding hydrogens is 821 g/mol. The predicted octanol–water partition coefficient (Wildman–Crippen LogP) is 14.2. The summed E-state index contributed by atoms with van der Waals surface area (Å²) in [6, 6.07) is 14.6. The van der Waals surface area contributed by atoms with Gasteiger partial charge >= 0.3 is 119 Å². The van der Waals surface area contributed by atoms with Crippen LogP contribution in [0.2, 0.25) is 0 Å². The third kappa shape index (κ3) is 55.5. The molecule has 0 atom stereocenters. The fraction of sp³-hybridized carbons (Fsp3) is 0.267. The maximum atomic E-state index is 9.87. The smallest absolute Gasteiger partial charge is 3.00 e. The summed E-state index contributed by atoms with van der Waals surface area (Å²) in [5, 5.41) is 0. The number of hydrogen-bond acceptors (Lipinski definition) is 1. The first-order valence-electron chi connectivity index (χ1n) is 8.63. The van der Waals surface area contributed by atoms with E-state index in [1.54, 1.807) is 0 Å². The molecule has 0 bridgehead atoms. The molecule has 0 spiro atoms. The third-order valence-corrected chi connectivity index (χ3v) is 2.71. The van der Waals surface area contributed by atoms with Crippen molar-refractivity contribution in [2.24, 2.45) is 0 Å². The summed E-state index contributed by atoms with van der Waals surface area (Å²) in [5.41, 5.74) is 3.77. The summed E-state index contributed by atoms with van der Waals surface area (Å²) in [7, 11) is -32.0. The topological polar surface area (TPSA) is 12.9 Å². The Morgan fingerprint density at radius 3 is 1.00 bits per heavy atom. The van der Waals surface area contributed by atoms with Crippen molar-refractivity contribution in [1.29, 1.82) is 0 Å². The molecule has 0 saturated carbocycles. The average Bonchev–Trinajstić information content (AvgIpc) is 2.46. The molecule has 0 unspecified atom stereocenters. The molecule has 0 amide bonds. The van der Waals surface area contributed by atoms with Crippen LogP contribution in [0.25, 0.3) is 11.3 Å². The van der Waals surface area contributed by atoms with Gasteiger partial charge in [0.05, 0.1) is 5.69 Å². The van der Waals surface area contributed by atoms with E-state index in [0.717, 1.165) is 5.69 Å². The van der Waals surface area contributed by atoms with Crippen molar-refractivity contribution in [3.05, 3.63) is 54.2 Å². The van der Waals surface area contributed by atoms with Gasteiger partial charge in [-0.1, -0.05) is 51.1 Å². The van der Waals surface area contributed by atoms with E-state index >= 15 is 0 Å². The van der Waals surface area contributed by atoms with Crippen LogP contribution in [-0.4, -0.2) is 4.98 Å². The molecular formula is C15H17F18IrNP3. The molecule has 1 aromatic heterocycles. The number of pyridine rings is 1. The minimum absolute atomic E-state index is 0. The van der Waals surface area contributed by atoms with Crippen LogP contribution in [0.3, 0.4) is 0 Å². The van der Waals surface area contributed by atoms with E-state index in [4.69, 9.17) is 0 Å². The van der Waals surface area contributed by atoms with Gasteiger partial charge in [0.15, 0.2) is 0 Å². The molecule has 232 valence electrons. The number of hydrogen-bond donors (Lipinski definition) is 0. The molecule has 2 aromatic rings. The van der Waals surface area contributed by atoms with Crippen molar-refractivity contribution in [3.63, 3.8) is 0 Å². The number of nitrogens with zero attached hydrogens (tertiary/aromatic N) is 1. The summed E-state index contributed by atoms with van der Waals surface area (Å²) in [5.74, 6) is 0. The Labute approximate surface area is 216 Å². The largest absolute Gasteiger partial charge is 3.00 e. The predicted molar refractivity (Wildman–Crippen MR) is 109 cm³/mol. The minimum Gasteiger partial charge on any atom is 3.00 e. The van der Waals surface area contributed by atoms with Crippen LogP contribution in [-0.2, 0) is 25.5 Å². The van der Waals surface area contributed by atoms with Gasteiger partial charge in [-0.25, -0.2) is 0 Å². The van der Waals surface area contributed by atoms with E-state index in [-0.39, 0.29) is 25.5 Å². The first-order valence-corrected chi connectivity index (χ1v) is 14.7. The Morgan fingerprint density at radius 1 is 0.500 bits per heavy atom. The Balaban J connectivity index is -0.000000474. The molecule has 1 nitrogen and oxygen atoms in total. The second-order valence-corrected chi connectivity index (χ2v) is 13.7. The molecule has 23 heteroatoms. The van der Waals surface area contributed by atoms with Gasteiger partial charge in [-0.15, -0.1) is 0 Å². The van der Waals surface area contributed by atoms with Crippen LogP contribution in [0.5, 0.6) is 0 Å². The fourth-order valence-electron chi connectivity index (χ4n) is 1.67. The number of aromatic nitrogens is 1.